The number of imide groups is 1. The third-order valence-corrected chi connectivity index (χ3v) is 11.9. The third-order valence-electron chi connectivity index (χ3n) is 8.47. The summed E-state index contributed by atoms with van der Waals surface area (Å²) in [6, 6.07) is 9.71. The number of nitrogens with zero attached hydrogens (tertiary/aromatic N) is 1. The van der Waals surface area contributed by atoms with Crippen LogP contribution in [-0.4, -0.2) is 22.0 Å². The highest BCUT2D eigenvalue weighted by molar-refractivity contribution is 8.00. The van der Waals surface area contributed by atoms with Gasteiger partial charge in [-0.3, -0.25) is 19.3 Å². The first kappa shape index (κ1) is 24.7. The summed E-state index contributed by atoms with van der Waals surface area (Å²) in [5.74, 6) is -2.91. The molecule has 196 valence electrons. The van der Waals surface area contributed by atoms with Crippen molar-refractivity contribution in [2.24, 2.45) is 29.6 Å². The number of carbonyl (C=O) groups excluding carboxylic acids is 2. The molecule has 38 heavy (non-hydrogen) atoms. The molecular weight excluding hydrogens is 580 g/mol. The maximum absolute atomic E-state index is 13.8. The molecule has 7 atom stereocenters. The lowest BCUT2D eigenvalue weighted by Gasteiger charge is -2.43. The van der Waals surface area contributed by atoms with Crippen LogP contribution in [0.2, 0.25) is 10.0 Å². The van der Waals surface area contributed by atoms with E-state index in [1.54, 1.807) is 12.1 Å². The fraction of sp³-hybridized carbons (Fsp3) is 0.346. The largest absolute Gasteiger partial charge is 0.416 e. The minimum absolute atomic E-state index is 0.0582. The second kappa shape index (κ2) is 8.36. The van der Waals surface area contributed by atoms with Gasteiger partial charge < -0.3 is 4.98 Å². The van der Waals surface area contributed by atoms with E-state index in [9.17, 15) is 27.6 Å². The summed E-state index contributed by atoms with van der Waals surface area (Å²) < 4.78 is 40.1. The van der Waals surface area contributed by atoms with E-state index in [1.807, 2.05) is 6.07 Å². The molecule has 0 unspecified atom stereocenters. The number of carbonyl (C=O) groups is 2. The van der Waals surface area contributed by atoms with Crippen LogP contribution in [0.25, 0.3) is 0 Å². The Morgan fingerprint density at radius 3 is 2.42 bits per heavy atom. The minimum atomic E-state index is -4.60. The Morgan fingerprint density at radius 1 is 0.974 bits per heavy atom. The Bertz CT molecular complexity index is 1590. The van der Waals surface area contributed by atoms with Gasteiger partial charge in [-0.05, 0) is 54.0 Å². The van der Waals surface area contributed by atoms with Crippen LogP contribution >= 0.6 is 46.3 Å². The molecule has 3 aromatic rings. The number of thioether (sulfide) groups is 1. The molecule has 3 fully saturated rings. The fourth-order valence-electron chi connectivity index (χ4n) is 7.20. The Kier molecular flexibility index (Phi) is 5.45. The molecule has 12 heteroatoms. The number of halogens is 5. The van der Waals surface area contributed by atoms with Crippen molar-refractivity contribution in [3.63, 3.8) is 0 Å². The van der Waals surface area contributed by atoms with Gasteiger partial charge in [0.15, 0.2) is 0 Å². The summed E-state index contributed by atoms with van der Waals surface area (Å²) in [6.45, 7) is 0. The first-order valence-electron chi connectivity index (χ1n) is 11.9. The maximum Gasteiger partial charge on any atom is 0.416 e. The van der Waals surface area contributed by atoms with E-state index in [2.05, 4.69) is 4.98 Å². The van der Waals surface area contributed by atoms with Gasteiger partial charge in [-0.25, -0.2) is 0 Å². The average Bonchev–Trinajstić information content (AvgIpc) is 3.59. The van der Waals surface area contributed by atoms with Crippen LogP contribution in [0.4, 0.5) is 18.9 Å². The molecule has 2 bridgehead atoms. The van der Waals surface area contributed by atoms with Crippen LogP contribution in [0.15, 0.2) is 52.3 Å². The van der Waals surface area contributed by atoms with Crippen molar-refractivity contribution in [3.05, 3.63) is 78.2 Å². The second-order valence-electron chi connectivity index (χ2n) is 10.2. The van der Waals surface area contributed by atoms with E-state index in [1.165, 1.54) is 23.9 Å². The first-order chi connectivity index (χ1) is 18.1. The van der Waals surface area contributed by atoms with Gasteiger partial charge in [0.2, 0.25) is 11.8 Å². The Labute approximate surface area is 232 Å². The average molecular weight is 597 g/mol. The van der Waals surface area contributed by atoms with Gasteiger partial charge in [-0.15, -0.1) is 11.8 Å². The van der Waals surface area contributed by atoms with Crippen LogP contribution in [0.1, 0.15) is 28.3 Å². The molecular formula is C26H17Cl2F3N2O3S2. The zero-order valence-corrected chi connectivity index (χ0v) is 22.3. The topological polar surface area (TPSA) is 70.2 Å². The fourth-order valence-corrected chi connectivity index (χ4v) is 10.5. The summed E-state index contributed by atoms with van der Waals surface area (Å²) >= 11 is 15.7. The standard InChI is InChI=1S/C26H17Cl2F3N2O3S2/c27-14-6-2-5-11(19(14)28)15-16-12-8-13(20(16)37-22-21(15)38-25(36)32-22)18-17(12)23(34)33(24(18)35)10-4-1-3-9(7-10)26(29,30)31/h1-7,12-13,15-18,20H,8H2,(H,32,36)/t12-,13-,15+,16+,17+,18+,20-/m1/s1. The monoisotopic (exact) mass is 596 g/mol. The lowest BCUT2D eigenvalue weighted by Crippen LogP contribution is -2.42. The zero-order valence-electron chi connectivity index (χ0n) is 19.2. The van der Waals surface area contributed by atoms with E-state index in [-0.39, 0.29) is 39.5 Å². The summed E-state index contributed by atoms with van der Waals surface area (Å²) in [4.78, 5) is 44.3. The van der Waals surface area contributed by atoms with Gasteiger partial charge in [0.1, 0.15) is 0 Å². The van der Waals surface area contributed by atoms with Crippen LogP contribution < -0.4 is 9.77 Å². The van der Waals surface area contributed by atoms with Gasteiger partial charge in [-0.2, -0.15) is 13.2 Å². The van der Waals surface area contributed by atoms with Crippen LogP contribution in [0, 0.1) is 29.6 Å². The molecule has 2 amide bonds. The lowest BCUT2D eigenvalue weighted by atomic mass is 9.68. The normalized spacial score (nSPS) is 31.5. The number of H-pyrrole nitrogens is 1. The van der Waals surface area contributed by atoms with Crippen molar-refractivity contribution in [3.8, 4) is 0 Å². The number of benzene rings is 2. The molecule has 2 aliphatic carbocycles. The zero-order chi connectivity index (χ0) is 26.7. The number of thiazole rings is 1. The highest BCUT2D eigenvalue weighted by atomic mass is 35.5. The van der Waals surface area contributed by atoms with Crippen molar-refractivity contribution in [1.29, 1.82) is 0 Å². The summed E-state index contributed by atoms with van der Waals surface area (Å²) in [7, 11) is 0. The van der Waals surface area contributed by atoms with Crippen molar-refractivity contribution in [1.82, 2.24) is 4.98 Å². The van der Waals surface area contributed by atoms with Gasteiger partial charge in [0, 0.05) is 16.0 Å². The number of rotatable bonds is 2. The number of aromatic nitrogens is 1. The van der Waals surface area contributed by atoms with Crippen molar-refractivity contribution >= 4 is 63.8 Å². The van der Waals surface area contributed by atoms with Gasteiger partial charge in [-0.1, -0.05) is 52.7 Å². The molecule has 7 rings (SSSR count). The molecule has 1 N–H and O–H groups in total. The molecule has 2 saturated carbocycles. The maximum atomic E-state index is 13.8. The van der Waals surface area contributed by atoms with Crippen molar-refractivity contribution in [2.75, 3.05) is 4.90 Å². The van der Waals surface area contributed by atoms with Crippen molar-refractivity contribution in [2.45, 2.75) is 28.8 Å². The van der Waals surface area contributed by atoms with E-state index in [4.69, 9.17) is 23.2 Å². The van der Waals surface area contributed by atoms with E-state index >= 15 is 0 Å². The molecule has 4 aliphatic rings. The number of alkyl halides is 3. The Morgan fingerprint density at radius 2 is 1.68 bits per heavy atom. The summed E-state index contributed by atoms with van der Waals surface area (Å²) in [5, 5.41) is 1.43. The van der Waals surface area contributed by atoms with Crippen LogP contribution in [-0.2, 0) is 15.8 Å². The summed E-state index contributed by atoms with van der Waals surface area (Å²) in [6.07, 6.45) is -3.94. The van der Waals surface area contributed by atoms with Crippen molar-refractivity contribution < 1.29 is 22.8 Å². The third kappa shape index (κ3) is 3.36. The Hall–Kier alpha value is -2.27. The molecule has 5 nitrogen and oxygen atoms in total. The molecule has 2 aromatic carbocycles. The minimum Gasteiger partial charge on any atom is -0.307 e. The predicted octanol–water partition coefficient (Wildman–Crippen LogP) is 6.44. The van der Waals surface area contributed by atoms with Crippen LogP contribution in [0.3, 0.4) is 0 Å². The van der Waals surface area contributed by atoms with E-state index in [0.29, 0.717) is 16.5 Å². The number of anilines is 1. The van der Waals surface area contributed by atoms with Gasteiger partial charge >= 0.3 is 11.0 Å². The number of nitrogens with one attached hydrogen (secondary N) is 1. The number of amides is 2. The molecule has 1 aromatic heterocycles. The Balaban J connectivity index is 1.32. The predicted molar refractivity (Wildman–Crippen MR) is 139 cm³/mol. The molecule has 0 spiro atoms. The number of hydrogen-bond acceptors (Lipinski definition) is 5. The SMILES string of the molecule is O=C1[C@H]2[C@H]3C[C@@H]([C@@H]2C(=O)N1c1cccc(C(F)(F)F)c1)[C@H]1[C@H](c2cccc(Cl)c2Cl)c2sc(=O)[nH]c2S[C@H]31. The highest BCUT2D eigenvalue weighted by Gasteiger charge is 2.69. The van der Waals surface area contributed by atoms with Gasteiger partial charge in [0.25, 0.3) is 0 Å². The second-order valence-corrected chi connectivity index (χ2v) is 13.2. The number of aromatic amines is 1. The molecule has 3 heterocycles. The van der Waals surface area contributed by atoms with Gasteiger partial charge in [0.05, 0.1) is 38.2 Å². The molecule has 0 radical (unpaired) electrons. The number of fused-ring (bicyclic) bond motifs is 9. The van der Waals surface area contributed by atoms with E-state index in [0.717, 1.165) is 43.8 Å². The lowest BCUT2D eigenvalue weighted by molar-refractivity contribution is -0.137. The molecule has 2 aliphatic heterocycles. The van der Waals surface area contributed by atoms with E-state index < -0.39 is 35.4 Å². The summed E-state index contributed by atoms with van der Waals surface area (Å²) in [5.41, 5.74) is -0.206. The van der Waals surface area contributed by atoms with Crippen LogP contribution in [0.5, 0.6) is 0 Å². The first-order valence-corrected chi connectivity index (χ1v) is 14.4. The molecule has 1 saturated heterocycles. The number of hydrogen-bond donors (Lipinski definition) is 1. The highest BCUT2D eigenvalue weighted by Crippen LogP contribution is 2.69. The smallest absolute Gasteiger partial charge is 0.307 e. The quantitative estimate of drug-likeness (QED) is 0.346.